The molecule has 1 fully saturated rings. The minimum absolute atomic E-state index is 0.187. The number of rotatable bonds is 1. The van der Waals surface area contributed by atoms with Crippen LogP contribution in [0.1, 0.15) is 18.4 Å². The van der Waals surface area contributed by atoms with E-state index in [-0.39, 0.29) is 5.56 Å². The number of phenolic OH excluding ortho intramolecular Hbond substituents is 2. The van der Waals surface area contributed by atoms with Gasteiger partial charge in [-0.3, -0.25) is 0 Å². The number of aromatic hydroxyl groups is 2. The monoisotopic (exact) mass is 184 g/mol. The summed E-state index contributed by atoms with van der Waals surface area (Å²) in [5, 5.41) is 28.0. The molecule has 0 unspecified atom stereocenters. The average molecular weight is 184 g/mol. The van der Waals surface area contributed by atoms with Crippen LogP contribution in [-0.4, -0.2) is 15.3 Å². The molecule has 2 rings (SSSR count). The van der Waals surface area contributed by atoms with Crippen molar-refractivity contribution >= 4 is 0 Å². The minimum atomic E-state index is -1.27. The van der Waals surface area contributed by atoms with Crippen LogP contribution in [0.2, 0.25) is 0 Å². The van der Waals surface area contributed by atoms with Crippen LogP contribution in [0.5, 0.6) is 11.5 Å². The van der Waals surface area contributed by atoms with Gasteiger partial charge in [0.05, 0.1) is 11.2 Å². The fraction of sp³-hybridized carbons (Fsp3) is 0.333. The van der Waals surface area contributed by atoms with Crippen LogP contribution in [-0.2, 0) is 5.60 Å². The Kier molecular flexibility index (Phi) is 1.51. The Balaban J connectivity index is 2.61. The fourth-order valence-electron chi connectivity index (χ4n) is 1.37. The summed E-state index contributed by atoms with van der Waals surface area (Å²) < 4.78 is 13.1. The highest BCUT2D eigenvalue weighted by atomic mass is 19.1. The van der Waals surface area contributed by atoms with E-state index in [2.05, 4.69) is 0 Å². The van der Waals surface area contributed by atoms with Gasteiger partial charge in [0.1, 0.15) is 5.82 Å². The first-order valence-corrected chi connectivity index (χ1v) is 3.98. The molecule has 0 heterocycles. The van der Waals surface area contributed by atoms with Gasteiger partial charge in [-0.2, -0.15) is 0 Å². The van der Waals surface area contributed by atoms with Crippen LogP contribution in [0.3, 0.4) is 0 Å². The summed E-state index contributed by atoms with van der Waals surface area (Å²) in [5.74, 6) is -1.65. The highest BCUT2D eigenvalue weighted by Crippen LogP contribution is 2.51. The first-order valence-electron chi connectivity index (χ1n) is 3.98. The maximum absolute atomic E-state index is 13.1. The van der Waals surface area contributed by atoms with Crippen LogP contribution in [0.15, 0.2) is 12.1 Å². The van der Waals surface area contributed by atoms with E-state index in [1.54, 1.807) is 0 Å². The molecule has 1 aromatic rings. The van der Waals surface area contributed by atoms with E-state index in [0.29, 0.717) is 12.8 Å². The average Bonchev–Trinajstić information content (AvgIpc) is 2.78. The molecule has 0 aliphatic heterocycles. The Bertz CT molecular complexity index is 358. The van der Waals surface area contributed by atoms with Gasteiger partial charge < -0.3 is 15.3 Å². The molecule has 0 amide bonds. The van der Waals surface area contributed by atoms with E-state index < -0.39 is 22.9 Å². The van der Waals surface area contributed by atoms with Crippen LogP contribution in [0, 0.1) is 5.82 Å². The summed E-state index contributed by atoms with van der Waals surface area (Å²) in [5.41, 5.74) is -1.46. The highest BCUT2D eigenvalue weighted by molar-refractivity contribution is 5.49. The van der Waals surface area contributed by atoms with Crippen LogP contribution < -0.4 is 0 Å². The van der Waals surface area contributed by atoms with Crippen molar-refractivity contribution in [3.63, 3.8) is 0 Å². The topological polar surface area (TPSA) is 60.7 Å². The van der Waals surface area contributed by atoms with Crippen molar-refractivity contribution in [1.29, 1.82) is 0 Å². The van der Waals surface area contributed by atoms with Crippen molar-refractivity contribution in [3.05, 3.63) is 23.5 Å². The molecule has 3 nitrogen and oxygen atoms in total. The quantitative estimate of drug-likeness (QED) is 0.575. The SMILES string of the molecule is Oc1ccc(F)c(C2(O)CC2)c1O. The smallest absolute Gasteiger partial charge is 0.166 e. The molecule has 0 spiro atoms. The van der Waals surface area contributed by atoms with Gasteiger partial charge in [0.15, 0.2) is 11.5 Å². The van der Waals surface area contributed by atoms with E-state index in [4.69, 9.17) is 5.11 Å². The number of aliphatic hydroxyl groups is 1. The molecule has 0 atom stereocenters. The van der Waals surface area contributed by atoms with Crippen molar-refractivity contribution in [2.24, 2.45) is 0 Å². The summed E-state index contributed by atoms with van der Waals surface area (Å²) >= 11 is 0. The number of halogens is 1. The molecule has 1 aliphatic carbocycles. The largest absolute Gasteiger partial charge is 0.504 e. The third-order valence-electron chi connectivity index (χ3n) is 2.29. The van der Waals surface area contributed by atoms with E-state index in [9.17, 15) is 14.6 Å². The standard InChI is InChI=1S/C9H9FO3/c10-5-1-2-6(11)8(12)7(5)9(13)3-4-9/h1-2,11-13H,3-4H2. The lowest BCUT2D eigenvalue weighted by molar-refractivity contribution is 0.142. The lowest BCUT2D eigenvalue weighted by atomic mass is 10.1. The Morgan fingerprint density at radius 3 is 2.38 bits per heavy atom. The summed E-state index contributed by atoms with van der Waals surface area (Å²) in [6.07, 6.45) is 0.835. The van der Waals surface area contributed by atoms with Gasteiger partial charge in [-0.25, -0.2) is 4.39 Å². The molecule has 0 aromatic heterocycles. The fourth-order valence-corrected chi connectivity index (χ4v) is 1.37. The lowest BCUT2D eigenvalue weighted by Crippen LogP contribution is -2.07. The predicted molar refractivity (Wildman–Crippen MR) is 42.9 cm³/mol. The van der Waals surface area contributed by atoms with Crippen molar-refractivity contribution in [2.75, 3.05) is 0 Å². The second-order valence-electron chi connectivity index (χ2n) is 3.32. The molecule has 0 saturated heterocycles. The van der Waals surface area contributed by atoms with Gasteiger partial charge in [-0.1, -0.05) is 0 Å². The molecule has 0 bridgehead atoms. The van der Waals surface area contributed by atoms with E-state index >= 15 is 0 Å². The van der Waals surface area contributed by atoms with E-state index in [1.807, 2.05) is 0 Å². The summed E-state index contributed by atoms with van der Waals surface area (Å²) in [4.78, 5) is 0. The minimum Gasteiger partial charge on any atom is -0.504 e. The molecule has 1 aliphatic rings. The Labute approximate surface area is 74.1 Å². The molecule has 1 saturated carbocycles. The lowest BCUT2D eigenvalue weighted by Gasteiger charge is -2.12. The van der Waals surface area contributed by atoms with Crippen LogP contribution in [0.25, 0.3) is 0 Å². The second kappa shape index (κ2) is 2.35. The van der Waals surface area contributed by atoms with Gasteiger partial charge in [0.25, 0.3) is 0 Å². The van der Waals surface area contributed by atoms with Crippen molar-refractivity contribution in [2.45, 2.75) is 18.4 Å². The Hall–Kier alpha value is -1.29. The molecule has 70 valence electrons. The van der Waals surface area contributed by atoms with Gasteiger partial charge in [-0.15, -0.1) is 0 Å². The second-order valence-corrected chi connectivity index (χ2v) is 3.32. The van der Waals surface area contributed by atoms with Crippen LogP contribution >= 0.6 is 0 Å². The van der Waals surface area contributed by atoms with Crippen molar-refractivity contribution in [3.8, 4) is 11.5 Å². The van der Waals surface area contributed by atoms with Crippen molar-refractivity contribution < 1.29 is 19.7 Å². The zero-order chi connectivity index (χ0) is 9.64. The number of hydrogen-bond donors (Lipinski definition) is 3. The van der Waals surface area contributed by atoms with E-state index in [1.165, 1.54) is 0 Å². The number of phenols is 2. The third-order valence-corrected chi connectivity index (χ3v) is 2.29. The maximum atomic E-state index is 13.1. The number of benzene rings is 1. The van der Waals surface area contributed by atoms with Gasteiger partial charge in [-0.05, 0) is 25.0 Å². The first-order chi connectivity index (χ1) is 6.04. The van der Waals surface area contributed by atoms with Gasteiger partial charge in [0, 0.05) is 0 Å². The highest BCUT2D eigenvalue weighted by Gasteiger charge is 2.46. The zero-order valence-corrected chi connectivity index (χ0v) is 6.79. The van der Waals surface area contributed by atoms with E-state index in [0.717, 1.165) is 12.1 Å². The normalized spacial score (nSPS) is 18.6. The molecular weight excluding hydrogens is 175 g/mol. The van der Waals surface area contributed by atoms with Gasteiger partial charge in [0.2, 0.25) is 0 Å². The zero-order valence-electron chi connectivity index (χ0n) is 6.79. The summed E-state index contributed by atoms with van der Waals surface area (Å²) in [7, 11) is 0. The summed E-state index contributed by atoms with van der Waals surface area (Å²) in [6, 6.07) is 2.08. The van der Waals surface area contributed by atoms with Crippen molar-refractivity contribution in [1.82, 2.24) is 0 Å². The number of hydrogen-bond acceptors (Lipinski definition) is 3. The first kappa shape index (κ1) is 8.31. The molecule has 4 heteroatoms. The predicted octanol–water partition coefficient (Wildman–Crippen LogP) is 1.22. The maximum Gasteiger partial charge on any atom is 0.166 e. The Morgan fingerprint density at radius 1 is 1.23 bits per heavy atom. The molecule has 3 N–H and O–H groups in total. The molecule has 0 radical (unpaired) electrons. The molecule has 13 heavy (non-hydrogen) atoms. The Morgan fingerprint density at radius 2 is 1.85 bits per heavy atom. The van der Waals surface area contributed by atoms with Gasteiger partial charge >= 0.3 is 0 Å². The molecular formula is C9H9FO3. The molecule has 1 aromatic carbocycles. The van der Waals surface area contributed by atoms with Crippen LogP contribution in [0.4, 0.5) is 4.39 Å². The third kappa shape index (κ3) is 1.14. The summed E-state index contributed by atoms with van der Waals surface area (Å²) in [6.45, 7) is 0.